The van der Waals surface area contributed by atoms with Gasteiger partial charge >= 0.3 is 5.97 Å². The molecule has 0 bridgehead atoms. The van der Waals surface area contributed by atoms with Crippen molar-refractivity contribution in [1.29, 1.82) is 0 Å². The predicted molar refractivity (Wildman–Crippen MR) is 291 cm³/mol. The van der Waals surface area contributed by atoms with Crippen LogP contribution in [-0.4, -0.2) is 46.9 Å². The summed E-state index contributed by atoms with van der Waals surface area (Å²) >= 11 is 0. The van der Waals surface area contributed by atoms with Crippen LogP contribution in [0.2, 0.25) is 0 Å². The third kappa shape index (κ3) is 49.3. The number of esters is 1. The van der Waals surface area contributed by atoms with Crippen LogP contribution >= 0.6 is 0 Å². The molecule has 0 aliphatic carbocycles. The molecule has 0 aromatic heterocycles. The highest BCUT2D eigenvalue weighted by molar-refractivity contribution is 5.77. The van der Waals surface area contributed by atoms with E-state index in [4.69, 9.17) is 4.74 Å². The SMILES string of the molecule is CC/C=C\C/C=C\C/C=C\C/C=C\C/C=C\CCCCCC(=O)OC(CCCCCCC/C=C\C/C=C\CCCCC)CC(=O)NC(CO)C(O)CCCCCCCCCCCCCCCC. The van der Waals surface area contributed by atoms with E-state index in [-0.39, 0.29) is 24.9 Å². The molecular formula is C61H107NO5. The molecule has 0 saturated heterocycles. The molecular weight excluding hydrogens is 827 g/mol. The highest BCUT2D eigenvalue weighted by Crippen LogP contribution is 2.18. The number of hydrogen-bond donors (Lipinski definition) is 3. The molecule has 0 aliphatic heterocycles. The molecule has 3 unspecified atom stereocenters. The molecule has 3 atom stereocenters. The molecule has 67 heavy (non-hydrogen) atoms. The fourth-order valence-electron chi connectivity index (χ4n) is 8.19. The Morgan fingerprint density at radius 3 is 1.25 bits per heavy atom. The number of carbonyl (C=O) groups is 2. The van der Waals surface area contributed by atoms with Crippen molar-refractivity contribution in [1.82, 2.24) is 5.32 Å². The number of rotatable bonds is 50. The van der Waals surface area contributed by atoms with Crippen LogP contribution in [0.4, 0.5) is 0 Å². The van der Waals surface area contributed by atoms with Crippen LogP contribution in [0.1, 0.15) is 265 Å². The van der Waals surface area contributed by atoms with Gasteiger partial charge < -0.3 is 20.3 Å². The summed E-state index contributed by atoms with van der Waals surface area (Å²) < 4.78 is 5.94. The summed E-state index contributed by atoms with van der Waals surface area (Å²) in [5.74, 6) is -0.525. The summed E-state index contributed by atoms with van der Waals surface area (Å²) in [6, 6.07) is -0.718. The molecule has 0 aromatic rings. The van der Waals surface area contributed by atoms with Crippen LogP contribution in [0.5, 0.6) is 0 Å². The van der Waals surface area contributed by atoms with Gasteiger partial charge in [0.2, 0.25) is 5.91 Å². The molecule has 0 aromatic carbocycles. The first kappa shape index (κ1) is 64.0. The number of amides is 1. The Labute approximate surface area is 414 Å². The van der Waals surface area contributed by atoms with Crippen molar-refractivity contribution >= 4 is 11.9 Å². The van der Waals surface area contributed by atoms with Gasteiger partial charge in [0.15, 0.2) is 0 Å². The minimum atomic E-state index is -0.802. The second-order valence-electron chi connectivity index (χ2n) is 19.0. The van der Waals surface area contributed by atoms with Gasteiger partial charge in [-0.15, -0.1) is 0 Å². The largest absolute Gasteiger partial charge is 0.462 e. The predicted octanol–water partition coefficient (Wildman–Crippen LogP) is 17.5. The summed E-state index contributed by atoms with van der Waals surface area (Å²) in [4.78, 5) is 26.3. The summed E-state index contributed by atoms with van der Waals surface area (Å²) in [6.07, 6.45) is 70.7. The number of ether oxygens (including phenoxy) is 1. The lowest BCUT2D eigenvalue weighted by atomic mass is 10.0. The summed E-state index contributed by atoms with van der Waals surface area (Å²) in [5, 5.41) is 23.9. The van der Waals surface area contributed by atoms with Crippen molar-refractivity contribution < 1.29 is 24.5 Å². The zero-order valence-corrected chi connectivity index (χ0v) is 44.0. The quantitative estimate of drug-likeness (QED) is 0.0321. The van der Waals surface area contributed by atoms with Gasteiger partial charge in [-0.2, -0.15) is 0 Å². The first-order chi connectivity index (χ1) is 33.0. The van der Waals surface area contributed by atoms with E-state index < -0.39 is 18.2 Å². The summed E-state index contributed by atoms with van der Waals surface area (Å²) in [6.45, 7) is 6.35. The number of aliphatic hydroxyl groups is 2. The number of aliphatic hydroxyl groups excluding tert-OH is 2. The van der Waals surface area contributed by atoms with Crippen molar-refractivity contribution in [2.75, 3.05) is 6.61 Å². The molecule has 3 N–H and O–H groups in total. The average Bonchev–Trinajstić information content (AvgIpc) is 3.32. The molecule has 386 valence electrons. The van der Waals surface area contributed by atoms with Crippen LogP contribution in [0.3, 0.4) is 0 Å². The second-order valence-corrected chi connectivity index (χ2v) is 19.0. The Bertz CT molecular complexity index is 1280. The van der Waals surface area contributed by atoms with Crippen molar-refractivity contribution in [2.24, 2.45) is 0 Å². The zero-order valence-electron chi connectivity index (χ0n) is 44.0. The van der Waals surface area contributed by atoms with E-state index in [0.717, 1.165) is 116 Å². The van der Waals surface area contributed by atoms with Crippen molar-refractivity contribution in [3.8, 4) is 0 Å². The highest BCUT2D eigenvalue weighted by atomic mass is 16.5. The average molecular weight is 935 g/mol. The van der Waals surface area contributed by atoms with Gasteiger partial charge in [-0.3, -0.25) is 9.59 Å². The van der Waals surface area contributed by atoms with Crippen LogP contribution in [0.15, 0.2) is 85.1 Å². The monoisotopic (exact) mass is 934 g/mol. The maximum absolute atomic E-state index is 13.3. The smallest absolute Gasteiger partial charge is 0.306 e. The van der Waals surface area contributed by atoms with E-state index >= 15 is 0 Å². The van der Waals surface area contributed by atoms with Gasteiger partial charge in [-0.1, -0.05) is 234 Å². The van der Waals surface area contributed by atoms with Crippen molar-refractivity contribution in [3.63, 3.8) is 0 Å². The van der Waals surface area contributed by atoms with Crippen molar-refractivity contribution in [2.45, 2.75) is 283 Å². The lowest BCUT2D eigenvalue weighted by Gasteiger charge is -2.24. The van der Waals surface area contributed by atoms with Crippen LogP contribution in [0.25, 0.3) is 0 Å². The van der Waals surface area contributed by atoms with E-state index in [1.54, 1.807) is 0 Å². The van der Waals surface area contributed by atoms with Crippen molar-refractivity contribution in [3.05, 3.63) is 85.1 Å². The van der Waals surface area contributed by atoms with Gasteiger partial charge in [-0.25, -0.2) is 0 Å². The normalized spacial score (nSPS) is 13.8. The summed E-state index contributed by atoms with van der Waals surface area (Å²) in [7, 11) is 0. The molecule has 0 spiro atoms. The van der Waals surface area contributed by atoms with E-state index in [1.165, 1.54) is 103 Å². The minimum absolute atomic E-state index is 0.0513. The number of allylic oxidation sites excluding steroid dienone is 14. The van der Waals surface area contributed by atoms with E-state index in [0.29, 0.717) is 19.3 Å². The second kappa shape index (κ2) is 54.0. The molecule has 0 heterocycles. The lowest BCUT2D eigenvalue weighted by Crippen LogP contribution is -2.46. The van der Waals surface area contributed by atoms with E-state index in [1.807, 2.05) is 0 Å². The number of carbonyl (C=O) groups excluding carboxylic acids is 2. The first-order valence-corrected chi connectivity index (χ1v) is 28.3. The first-order valence-electron chi connectivity index (χ1n) is 28.3. The van der Waals surface area contributed by atoms with Gasteiger partial charge in [0.1, 0.15) is 6.10 Å². The molecule has 0 fully saturated rings. The standard InChI is InChI=1S/C61H107NO5/c1-4-7-10-13-16-19-22-25-28-29-30-31-33-36-39-42-45-48-51-54-61(66)67-57(52-49-46-43-40-37-34-32-26-23-20-17-14-11-8-5-2)55-60(65)62-58(56-63)59(64)53-50-47-44-41-38-35-27-24-21-18-15-12-9-6-3/h7,10,16-17,19-20,25-26,28,30-32,36,39,57-59,63-64H,4-6,8-9,11-15,18,21-24,27,29,33-35,37-38,40-56H2,1-3H3,(H,62,65)/b10-7-,19-16-,20-17-,28-25-,31-30-,32-26-,39-36-. The number of nitrogens with one attached hydrogen (secondary N) is 1. The van der Waals surface area contributed by atoms with Gasteiger partial charge in [0.25, 0.3) is 0 Å². The molecule has 6 nitrogen and oxygen atoms in total. The molecule has 0 saturated carbocycles. The third-order valence-electron chi connectivity index (χ3n) is 12.5. The maximum atomic E-state index is 13.3. The Hall–Kier alpha value is -2.96. The lowest BCUT2D eigenvalue weighted by molar-refractivity contribution is -0.151. The van der Waals surface area contributed by atoms with Crippen LogP contribution < -0.4 is 5.32 Å². The maximum Gasteiger partial charge on any atom is 0.306 e. The Morgan fingerprint density at radius 2 is 0.806 bits per heavy atom. The van der Waals surface area contributed by atoms with Crippen LogP contribution in [0, 0.1) is 0 Å². The Kier molecular flexibility index (Phi) is 51.6. The Morgan fingerprint density at radius 1 is 0.448 bits per heavy atom. The Balaban J connectivity index is 4.66. The fourth-order valence-corrected chi connectivity index (χ4v) is 8.19. The van der Waals surface area contributed by atoms with Gasteiger partial charge in [0.05, 0.1) is 25.2 Å². The molecule has 0 radical (unpaired) electrons. The topological polar surface area (TPSA) is 95.9 Å². The third-order valence-corrected chi connectivity index (χ3v) is 12.5. The molecule has 1 amide bonds. The van der Waals surface area contributed by atoms with E-state index in [9.17, 15) is 19.8 Å². The molecule has 6 heteroatoms. The van der Waals surface area contributed by atoms with E-state index in [2.05, 4.69) is 111 Å². The number of hydrogen-bond acceptors (Lipinski definition) is 5. The van der Waals surface area contributed by atoms with Gasteiger partial charge in [-0.05, 0) is 103 Å². The minimum Gasteiger partial charge on any atom is -0.462 e. The zero-order chi connectivity index (χ0) is 48.8. The molecule has 0 rings (SSSR count). The van der Waals surface area contributed by atoms with Crippen LogP contribution in [-0.2, 0) is 14.3 Å². The highest BCUT2D eigenvalue weighted by Gasteiger charge is 2.24. The summed E-state index contributed by atoms with van der Waals surface area (Å²) in [5.41, 5.74) is 0. The molecule has 0 aliphatic rings. The fraction of sp³-hybridized carbons (Fsp3) is 0.738. The van der Waals surface area contributed by atoms with Gasteiger partial charge in [0, 0.05) is 6.42 Å². The number of unbranched alkanes of at least 4 members (excludes halogenated alkanes) is 24.